The van der Waals surface area contributed by atoms with Crippen LogP contribution in [-0.2, 0) is 0 Å². The van der Waals surface area contributed by atoms with Crippen molar-refractivity contribution in [2.45, 2.75) is 18.7 Å². The molecule has 0 N–H and O–H groups in total. The summed E-state index contributed by atoms with van der Waals surface area (Å²) in [6.45, 7) is 0. The van der Waals surface area contributed by atoms with Gasteiger partial charge < -0.3 is 4.74 Å². The molecule has 2 aliphatic rings. The molecule has 2 heterocycles. The van der Waals surface area contributed by atoms with Crippen LogP contribution in [0.3, 0.4) is 0 Å². The monoisotopic (exact) mass is 394 g/mol. The molecule has 0 amide bonds. The van der Waals surface area contributed by atoms with Gasteiger partial charge >= 0.3 is 0 Å². The number of nitrogens with zero attached hydrogens (tertiary/aromatic N) is 2. The van der Waals surface area contributed by atoms with Crippen molar-refractivity contribution < 1.29 is 4.74 Å². The van der Waals surface area contributed by atoms with E-state index in [2.05, 4.69) is 17.1 Å². The molecular weight excluding hydrogens is 379 g/mol. The van der Waals surface area contributed by atoms with E-state index in [1.54, 1.807) is 0 Å². The fourth-order valence-corrected chi connectivity index (χ4v) is 4.02. The smallest absolute Gasteiger partial charge is 0.213 e. The Hall–Kier alpha value is -2.49. The van der Waals surface area contributed by atoms with Crippen LogP contribution in [0.25, 0.3) is 0 Å². The number of halogens is 2. The molecule has 134 valence electrons. The lowest BCUT2D eigenvalue weighted by atomic mass is 9.96. The largest absolute Gasteiger partial charge is 0.464 e. The average Bonchev–Trinajstić information content (AvgIpc) is 3.14. The van der Waals surface area contributed by atoms with Gasteiger partial charge in [0.05, 0.1) is 11.8 Å². The highest BCUT2D eigenvalue weighted by Gasteiger charge is 2.41. The predicted octanol–water partition coefficient (Wildman–Crippen LogP) is 6.24. The lowest BCUT2D eigenvalue weighted by Gasteiger charge is -2.38. The molecule has 0 aliphatic carbocycles. The van der Waals surface area contributed by atoms with E-state index in [-0.39, 0.29) is 12.3 Å². The molecule has 0 bridgehead atoms. The predicted molar refractivity (Wildman–Crippen MR) is 108 cm³/mol. The van der Waals surface area contributed by atoms with Crippen molar-refractivity contribution in [3.63, 3.8) is 0 Å². The second kappa shape index (κ2) is 6.59. The summed E-state index contributed by atoms with van der Waals surface area (Å²) in [7, 11) is 0. The molecule has 0 saturated heterocycles. The number of hydrogen-bond acceptors (Lipinski definition) is 3. The summed E-state index contributed by atoms with van der Waals surface area (Å²) < 4.78 is 6.33. The Bertz CT molecular complexity index is 1020. The van der Waals surface area contributed by atoms with Crippen LogP contribution >= 0.6 is 23.2 Å². The molecule has 3 aromatic carbocycles. The fraction of sp³-hybridized carbons (Fsp3) is 0.136. The molecule has 0 aromatic heterocycles. The van der Waals surface area contributed by atoms with Crippen LogP contribution in [0.1, 0.15) is 35.4 Å². The van der Waals surface area contributed by atoms with Gasteiger partial charge in [0.25, 0.3) is 0 Å². The number of fused-ring (bicyclic) bond motifs is 3. The molecule has 0 radical (unpaired) electrons. The second-order valence-electron chi connectivity index (χ2n) is 6.72. The number of hydrogen-bond donors (Lipinski definition) is 0. The summed E-state index contributed by atoms with van der Waals surface area (Å²) >= 11 is 12.3. The van der Waals surface area contributed by atoms with E-state index in [1.807, 2.05) is 60.7 Å². The van der Waals surface area contributed by atoms with Gasteiger partial charge in [0, 0.05) is 27.6 Å². The summed E-state index contributed by atoms with van der Waals surface area (Å²) in [6.07, 6.45) is 0.525. The van der Waals surface area contributed by atoms with Crippen molar-refractivity contribution in [3.8, 4) is 5.75 Å². The van der Waals surface area contributed by atoms with Crippen LogP contribution in [0.2, 0.25) is 10.0 Å². The second-order valence-corrected chi connectivity index (χ2v) is 7.59. The molecule has 2 atom stereocenters. The molecule has 27 heavy (non-hydrogen) atoms. The van der Waals surface area contributed by atoms with Gasteiger partial charge in [-0.3, -0.25) is 0 Å². The lowest BCUT2D eigenvalue weighted by Crippen LogP contribution is -2.33. The van der Waals surface area contributed by atoms with E-state index in [1.165, 1.54) is 0 Å². The molecule has 0 fully saturated rings. The van der Waals surface area contributed by atoms with E-state index < -0.39 is 0 Å². The molecule has 5 rings (SSSR count). The van der Waals surface area contributed by atoms with Crippen molar-refractivity contribution >= 4 is 28.9 Å². The van der Waals surface area contributed by atoms with Crippen molar-refractivity contribution in [2.75, 3.05) is 0 Å². The van der Waals surface area contributed by atoms with E-state index in [0.717, 1.165) is 39.6 Å². The zero-order chi connectivity index (χ0) is 18.4. The fourth-order valence-electron chi connectivity index (χ4n) is 3.71. The Balaban J connectivity index is 1.60. The van der Waals surface area contributed by atoms with E-state index in [9.17, 15) is 0 Å². The molecule has 3 nitrogen and oxygen atoms in total. The van der Waals surface area contributed by atoms with Crippen molar-refractivity contribution in [3.05, 3.63) is 99.5 Å². The zero-order valence-electron chi connectivity index (χ0n) is 14.3. The molecule has 5 heteroatoms. The van der Waals surface area contributed by atoms with Crippen molar-refractivity contribution in [1.29, 1.82) is 0 Å². The molecule has 3 aromatic rings. The number of ether oxygens (including phenoxy) is 1. The quantitative estimate of drug-likeness (QED) is 0.513. The first-order valence-corrected chi connectivity index (χ1v) is 9.57. The normalized spacial score (nSPS) is 20.5. The average molecular weight is 395 g/mol. The van der Waals surface area contributed by atoms with E-state index >= 15 is 0 Å². The zero-order valence-corrected chi connectivity index (χ0v) is 15.9. The number of rotatable bonds is 2. The Kier molecular flexibility index (Phi) is 4.07. The third-order valence-corrected chi connectivity index (χ3v) is 5.50. The van der Waals surface area contributed by atoms with E-state index in [0.29, 0.717) is 5.02 Å². The van der Waals surface area contributed by atoms with Gasteiger partial charge in [0.1, 0.15) is 5.75 Å². The maximum Gasteiger partial charge on any atom is 0.213 e. The van der Waals surface area contributed by atoms with Gasteiger partial charge in [-0.25, -0.2) is 5.01 Å². The third kappa shape index (κ3) is 2.97. The first-order chi connectivity index (χ1) is 13.2. The summed E-state index contributed by atoms with van der Waals surface area (Å²) in [5, 5.41) is 8.41. The molecule has 0 saturated carbocycles. The molecule has 0 spiro atoms. The Morgan fingerprint density at radius 2 is 1.63 bits per heavy atom. The minimum atomic E-state index is -0.269. The summed E-state index contributed by atoms with van der Waals surface area (Å²) in [6, 6.07) is 23.9. The van der Waals surface area contributed by atoms with Crippen LogP contribution in [0.4, 0.5) is 0 Å². The molecular formula is C22H16Cl2N2O. The van der Waals surface area contributed by atoms with Crippen LogP contribution < -0.4 is 4.74 Å². The van der Waals surface area contributed by atoms with E-state index in [4.69, 9.17) is 33.0 Å². The van der Waals surface area contributed by atoms with Crippen molar-refractivity contribution in [2.24, 2.45) is 5.10 Å². The Labute approximate surface area is 167 Å². The standard InChI is InChI=1S/C22H16Cl2N2O/c23-16-8-6-14(7-9-16)19-13-20-18-12-17(24)10-11-21(18)27-22(26(20)25-19)15-4-2-1-3-5-15/h1-12,20,22H,13H2/t20-,22+/m0/s1. The number of hydrazone groups is 1. The Morgan fingerprint density at radius 1 is 0.889 bits per heavy atom. The highest BCUT2D eigenvalue weighted by molar-refractivity contribution is 6.31. The topological polar surface area (TPSA) is 24.8 Å². The van der Waals surface area contributed by atoms with Gasteiger partial charge in [-0.05, 0) is 35.9 Å². The Morgan fingerprint density at radius 3 is 2.41 bits per heavy atom. The highest BCUT2D eigenvalue weighted by atomic mass is 35.5. The maximum atomic E-state index is 6.33. The van der Waals surface area contributed by atoms with Crippen LogP contribution in [0.15, 0.2) is 77.9 Å². The first kappa shape index (κ1) is 16.7. The highest BCUT2D eigenvalue weighted by Crippen LogP contribution is 2.48. The van der Waals surface area contributed by atoms with Gasteiger partial charge in [-0.2, -0.15) is 5.10 Å². The SMILES string of the molecule is Clc1ccc(C2=NN3[C@@H](c4ccccc4)Oc4ccc(Cl)cc4[C@@H]3C2)cc1. The van der Waals surface area contributed by atoms with Gasteiger partial charge in [-0.15, -0.1) is 0 Å². The van der Waals surface area contributed by atoms with Gasteiger partial charge in [0.2, 0.25) is 6.23 Å². The first-order valence-electron chi connectivity index (χ1n) is 8.82. The lowest BCUT2D eigenvalue weighted by molar-refractivity contribution is -0.0190. The molecule has 0 unspecified atom stereocenters. The van der Waals surface area contributed by atoms with Crippen LogP contribution in [-0.4, -0.2) is 10.7 Å². The number of benzene rings is 3. The molecule has 2 aliphatic heterocycles. The van der Waals surface area contributed by atoms with Crippen molar-refractivity contribution in [1.82, 2.24) is 5.01 Å². The van der Waals surface area contributed by atoms with Gasteiger partial charge in [-0.1, -0.05) is 65.7 Å². The third-order valence-electron chi connectivity index (χ3n) is 5.01. The van der Waals surface area contributed by atoms with Gasteiger partial charge in [0.15, 0.2) is 0 Å². The van der Waals surface area contributed by atoms with Crippen LogP contribution in [0, 0.1) is 0 Å². The van der Waals surface area contributed by atoms with Crippen LogP contribution in [0.5, 0.6) is 5.75 Å². The summed E-state index contributed by atoms with van der Waals surface area (Å²) in [4.78, 5) is 0. The maximum absolute atomic E-state index is 6.33. The minimum absolute atomic E-state index is 0.0864. The summed E-state index contributed by atoms with van der Waals surface area (Å²) in [5.74, 6) is 0.863. The summed E-state index contributed by atoms with van der Waals surface area (Å²) in [5.41, 5.74) is 4.24. The minimum Gasteiger partial charge on any atom is -0.464 e.